The number of para-hydroxylation sites is 1. The third kappa shape index (κ3) is 6.43. The van der Waals surface area contributed by atoms with E-state index in [1.165, 1.54) is 61.0 Å². The number of hydrogen-bond donors (Lipinski definition) is 2. The maximum absolute atomic E-state index is 6.98. The topological polar surface area (TPSA) is 66.5 Å². The quantitative estimate of drug-likeness (QED) is 0.131. The summed E-state index contributed by atoms with van der Waals surface area (Å²) < 4.78 is 0. The van der Waals surface area contributed by atoms with E-state index in [1.54, 1.807) is 0 Å². The number of rotatable bonds is 5. The van der Waals surface area contributed by atoms with Crippen LogP contribution in [-0.2, 0) is 10.8 Å². The van der Waals surface area contributed by atoms with Crippen LogP contribution in [0.5, 0.6) is 0 Å². The summed E-state index contributed by atoms with van der Waals surface area (Å²) in [5, 5.41) is 2.30. The molecule has 10 aromatic rings. The highest BCUT2D eigenvalue weighted by molar-refractivity contribution is 6.15. The molecule has 2 aliphatic carbocycles. The molecule has 2 aliphatic rings. The first kappa shape index (κ1) is 40.2. The second-order valence-electron chi connectivity index (χ2n) is 18.9. The van der Waals surface area contributed by atoms with Crippen LogP contribution in [0.3, 0.4) is 0 Å². The van der Waals surface area contributed by atoms with Gasteiger partial charge in [-0.1, -0.05) is 209 Å². The van der Waals surface area contributed by atoms with E-state index >= 15 is 0 Å². The Morgan fingerprint density at radius 1 is 0.448 bits per heavy atom. The lowest BCUT2D eigenvalue weighted by Crippen LogP contribution is -2.29. The molecule has 12 rings (SSSR count). The monoisotopic (exact) mass is 860 g/mol. The first-order chi connectivity index (χ1) is 32.7. The van der Waals surface area contributed by atoms with E-state index in [0.717, 1.165) is 49.8 Å². The molecule has 1 atom stereocenters. The van der Waals surface area contributed by atoms with Gasteiger partial charge in [-0.3, -0.25) is 0 Å². The number of nitrogens with two attached hydrogens (primary N) is 1. The van der Waals surface area contributed by atoms with Crippen molar-refractivity contribution in [2.75, 3.05) is 0 Å². The highest BCUT2D eigenvalue weighted by Crippen LogP contribution is 2.62. The lowest BCUT2D eigenvalue weighted by molar-refractivity contribution is 0.590. The van der Waals surface area contributed by atoms with E-state index in [1.807, 2.05) is 30.3 Å². The van der Waals surface area contributed by atoms with Crippen molar-refractivity contribution in [1.29, 1.82) is 0 Å². The Bertz CT molecular complexity index is 3710. The van der Waals surface area contributed by atoms with Crippen LogP contribution in [0.15, 0.2) is 223 Å². The first-order valence-corrected chi connectivity index (χ1v) is 23.0. The van der Waals surface area contributed by atoms with Gasteiger partial charge in [0.2, 0.25) is 0 Å². The molecule has 1 unspecified atom stereocenters. The van der Waals surface area contributed by atoms with Crippen molar-refractivity contribution in [1.82, 2.24) is 4.98 Å². The van der Waals surface area contributed by atoms with Crippen molar-refractivity contribution in [3.63, 3.8) is 0 Å². The van der Waals surface area contributed by atoms with Crippen LogP contribution in [0.1, 0.15) is 65.3 Å². The largest absolute Gasteiger partial charge is 0.383 e. The highest BCUT2D eigenvalue weighted by atomic mass is 15.0. The summed E-state index contributed by atoms with van der Waals surface area (Å²) in [7, 11) is 0. The predicted molar refractivity (Wildman–Crippen MR) is 281 cm³/mol. The van der Waals surface area contributed by atoms with Gasteiger partial charge in [0.25, 0.3) is 0 Å². The van der Waals surface area contributed by atoms with Crippen LogP contribution in [0, 0.1) is 0 Å². The summed E-state index contributed by atoms with van der Waals surface area (Å²) in [6, 6.07) is 74.1. The number of nitrogens with one attached hydrogen (secondary N) is 1. The number of amidine groups is 2. The zero-order chi connectivity index (χ0) is 45.4. The number of aliphatic imine (C=N–C) groups is 2. The summed E-state index contributed by atoms with van der Waals surface area (Å²) in [6.45, 7) is 11.6. The zero-order valence-electron chi connectivity index (χ0n) is 37.8. The Balaban J connectivity index is 1.06. The van der Waals surface area contributed by atoms with Crippen LogP contribution < -0.4 is 5.73 Å². The van der Waals surface area contributed by atoms with Gasteiger partial charge in [0, 0.05) is 38.5 Å². The molecule has 0 radical (unpaired) electrons. The number of fused-ring (bicyclic) bond motifs is 15. The Morgan fingerprint density at radius 2 is 1.01 bits per heavy atom. The number of H-pyrrole nitrogens is 1. The van der Waals surface area contributed by atoms with E-state index in [9.17, 15) is 0 Å². The van der Waals surface area contributed by atoms with E-state index in [0.29, 0.717) is 17.4 Å². The second kappa shape index (κ2) is 15.4. The molecule has 3 N–H and O–H groups in total. The number of aromatic amines is 1. The fourth-order valence-electron chi connectivity index (χ4n) is 10.8. The predicted octanol–water partition coefficient (Wildman–Crippen LogP) is 15.1. The van der Waals surface area contributed by atoms with Crippen LogP contribution >= 0.6 is 0 Å². The molecular weight excluding hydrogens is 813 g/mol. The van der Waals surface area contributed by atoms with Gasteiger partial charge >= 0.3 is 0 Å². The van der Waals surface area contributed by atoms with Crippen LogP contribution in [0.4, 0.5) is 0 Å². The smallest absolute Gasteiger partial charge is 0.162 e. The standard InChI is InChI=1S/C63H48N4/c1-39(65-61(44-29-32-51-50-25-12-15-28-58(50)66-59(51)37-44)67-60(64)43-20-16-19-42(35-43)40-17-6-5-7-18-40)41-30-33-56-52(36-41)47-22-9-8-21-46(47)48-23-10-13-26-54(48)63(56)55-27-14-11-24-49(55)53-38-45(62(2,3)4)31-34-57(53)63/h5-38,66H,1H2,2-4H3,(H2,64,65,67). The van der Waals surface area contributed by atoms with E-state index in [4.69, 9.17) is 15.7 Å². The van der Waals surface area contributed by atoms with Gasteiger partial charge in [-0.15, -0.1) is 0 Å². The molecule has 0 fully saturated rings. The fraction of sp³-hybridized carbons (Fsp3) is 0.0794. The Morgan fingerprint density at radius 3 is 1.76 bits per heavy atom. The summed E-state index contributed by atoms with van der Waals surface area (Å²) in [4.78, 5) is 14.1. The molecule has 1 aromatic heterocycles. The van der Waals surface area contributed by atoms with Crippen molar-refractivity contribution in [3.8, 4) is 44.5 Å². The molecule has 4 heteroatoms. The molecule has 67 heavy (non-hydrogen) atoms. The Labute approximate surface area is 391 Å². The molecule has 9 aromatic carbocycles. The van der Waals surface area contributed by atoms with Gasteiger partial charge in [0.1, 0.15) is 5.84 Å². The maximum Gasteiger partial charge on any atom is 0.162 e. The minimum absolute atomic E-state index is 0.00786. The van der Waals surface area contributed by atoms with Crippen molar-refractivity contribution >= 4 is 39.2 Å². The van der Waals surface area contributed by atoms with Crippen LogP contribution in [0.25, 0.3) is 72.0 Å². The average Bonchev–Trinajstić information content (AvgIpc) is 3.85. The van der Waals surface area contributed by atoms with Crippen molar-refractivity contribution in [3.05, 3.63) is 257 Å². The minimum Gasteiger partial charge on any atom is -0.383 e. The summed E-state index contributed by atoms with van der Waals surface area (Å²) in [6.07, 6.45) is 0. The van der Waals surface area contributed by atoms with Gasteiger partial charge < -0.3 is 10.7 Å². The molecule has 0 bridgehead atoms. The van der Waals surface area contributed by atoms with E-state index < -0.39 is 5.41 Å². The summed E-state index contributed by atoms with van der Waals surface area (Å²) in [5.41, 5.74) is 27.4. The molecule has 4 nitrogen and oxygen atoms in total. The molecule has 320 valence electrons. The second-order valence-corrected chi connectivity index (χ2v) is 18.9. The molecule has 0 saturated heterocycles. The molecular formula is C63H48N4. The van der Waals surface area contributed by atoms with Crippen LogP contribution in [-0.4, -0.2) is 16.7 Å². The molecule has 0 aliphatic heterocycles. The number of hydrogen-bond acceptors (Lipinski definition) is 1. The van der Waals surface area contributed by atoms with Gasteiger partial charge in [-0.25, -0.2) is 9.98 Å². The fourth-order valence-corrected chi connectivity index (χ4v) is 10.8. The van der Waals surface area contributed by atoms with Gasteiger partial charge in [0.15, 0.2) is 5.84 Å². The summed E-state index contributed by atoms with van der Waals surface area (Å²) in [5.74, 6) is 0.838. The van der Waals surface area contributed by atoms with Gasteiger partial charge in [0.05, 0.1) is 11.1 Å². The zero-order valence-corrected chi connectivity index (χ0v) is 37.8. The van der Waals surface area contributed by atoms with Crippen LogP contribution in [0.2, 0.25) is 0 Å². The van der Waals surface area contributed by atoms with Crippen molar-refractivity contribution < 1.29 is 0 Å². The molecule has 0 saturated carbocycles. The Kier molecular flexibility index (Phi) is 9.23. The van der Waals surface area contributed by atoms with Gasteiger partial charge in [-0.05, 0) is 102 Å². The molecule has 0 amide bonds. The van der Waals surface area contributed by atoms with Crippen molar-refractivity contribution in [2.24, 2.45) is 15.7 Å². The Hall–Kier alpha value is -8.34. The van der Waals surface area contributed by atoms with Crippen molar-refractivity contribution in [2.45, 2.75) is 31.6 Å². The van der Waals surface area contributed by atoms with E-state index in [-0.39, 0.29) is 5.41 Å². The normalized spacial score (nSPS) is 15.1. The lowest BCUT2D eigenvalue weighted by atomic mass is 9.65. The average molecular weight is 861 g/mol. The maximum atomic E-state index is 6.98. The number of nitrogens with zero attached hydrogens (tertiary/aromatic N) is 2. The first-order valence-electron chi connectivity index (χ1n) is 23.0. The summed E-state index contributed by atoms with van der Waals surface area (Å²) >= 11 is 0. The highest BCUT2D eigenvalue weighted by Gasteiger charge is 2.50. The number of benzene rings is 9. The van der Waals surface area contributed by atoms with E-state index in [2.05, 4.69) is 208 Å². The van der Waals surface area contributed by atoms with Gasteiger partial charge in [-0.2, -0.15) is 0 Å². The lowest BCUT2D eigenvalue weighted by Gasteiger charge is -2.35. The minimum atomic E-state index is -0.594. The molecule has 1 heterocycles. The SMILES string of the molecule is C=C(N=C(N=C(N)c1cccc(-c2ccccc2)c1)c1ccc2c(c1)[nH]c1ccccc12)c1ccc2c(c1)-c1ccccc1-c1ccccc1C21c2ccccc2-c2cc(C(C)(C)C)ccc21. The third-order valence-electron chi connectivity index (χ3n) is 14.0. The molecule has 1 spiro atoms. The number of aromatic nitrogens is 1. The third-order valence-corrected chi connectivity index (χ3v) is 14.0.